The minimum absolute atomic E-state index is 0.211. The van der Waals surface area contributed by atoms with E-state index in [4.69, 9.17) is 18.9 Å². The Labute approximate surface area is 283 Å². The van der Waals surface area contributed by atoms with Gasteiger partial charge in [0.25, 0.3) is 5.56 Å². The number of aromatic nitrogens is 1. The van der Waals surface area contributed by atoms with E-state index in [-0.39, 0.29) is 24.7 Å². The van der Waals surface area contributed by atoms with Crippen molar-refractivity contribution >= 4 is 51.9 Å². The van der Waals surface area contributed by atoms with E-state index < -0.39 is 12.0 Å². The van der Waals surface area contributed by atoms with Crippen LogP contribution in [0.1, 0.15) is 59.4 Å². The molecule has 0 saturated carbocycles. The second kappa shape index (κ2) is 14.5. The fourth-order valence-electron chi connectivity index (χ4n) is 5.08. The van der Waals surface area contributed by atoms with E-state index in [9.17, 15) is 14.4 Å². The number of ether oxygens (including phenoxy) is 4. The Morgan fingerprint density at radius 2 is 1.65 bits per heavy atom. The molecule has 0 aliphatic carbocycles. The van der Waals surface area contributed by atoms with Gasteiger partial charge in [0.2, 0.25) is 0 Å². The Balaban J connectivity index is 1.49. The van der Waals surface area contributed by atoms with Gasteiger partial charge in [0.15, 0.2) is 16.3 Å². The molecule has 0 fully saturated rings. The second-order valence-corrected chi connectivity index (χ2v) is 12.6. The second-order valence-electron chi connectivity index (χ2n) is 10.5. The lowest BCUT2D eigenvalue weighted by molar-refractivity contribution is -0.139. The standard InChI is InChI=1S/C35H33IN2O7S/c1-6-43-33(40)25-14-10-22(11-15-25)19-45-31-26(36)16-23(17-27(31)42-5)18-28-32(39)38-30(24-12-8-20(3)9-13-24)29(34(41)44-7-2)21(4)37-35(38)46-28/h8-18,30H,6-7,19H2,1-5H3/b28-18-/t30-/m0/s1. The average Bonchev–Trinajstić information content (AvgIpc) is 3.34. The van der Waals surface area contributed by atoms with Crippen molar-refractivity contribution in [3.05, 3.63) is 123 Å². The highest BCUT2D eigenvalue weighted by molar-refractivity contribution is 14.1. The minimum atomic E-state index is -0.671. The number of carbonyl (C=O) groups is 2. The molecule has 0 spiro atoms. The maximum Gasteiger partial charge on any atom is 0.338 e. The number of hydrogen-bond donors (Lipinski definition) is 0. The van der Waals surface area contributed by atoms with Crippen LogP contribution in [0.4, 0.5) is 0 Å². The van der Waals surface area contributed by atoms with E-state index >= 15 is 0 Å². The first-order valence-electron chi connectivity index (χ1n) is 14.7. The van der Waals surface area contributed by atoms with E-state index in [0.29, 0.717) is 44.3 Å². The monoisotopic (exact) mass is 752 g/mol. The highest BCUT2D eigenvalue weighted by Crippen LogP contribution is 2.35. The summed E-state index contributed by atoms with van der Waals surface area (Å²) in [5, 5.41) is 0. The van der Waals surface area contributed by atoms with Crippen LogP contribution in [0.25, 0.3) is 6.08 Å². The van der Waals surface area contributed by atoms with E-state index in [1.807, 2.05) is 55.5 Å². The lowest BCUT2D eigenvalue weighted by atomic mass is 9.95. The highest BCUT2D eigenvalue weighted by atomic mass is 127. The molecule has 5 rings (SSSR count). The maximum atomic E-state index is 14.0. The van der Waals surface area contributed by atoms with Crippen molar-refractivity contribution in [1.29, 1.82) is 0 Å². The summed E-state index contributed by atoms with van der Waals surface area (Å²) in [6.45, 7) is 8.06. The summed E-state index contributed by atoms with van der Waals surface area (Å²) in [4.78, 5) is 44.2. The van der Waals surface area contributed by atoms with Crippen molar-refractivity contribution in [2.45, 2.75) is 40.3 Å². The van der Waals surface area contributed by atoms with Crippen LogP contribution in [-0.2, 0) is 20.9 Å². The number of benzene rings is 3. The zero-order valence-electron chi connectivity index (χ0n) is 26.1. The van der Waals surface area contributed by atoms with E-state index in [1.54, 1.807) is 50.7 Å². The number of allylic oxidation sites excluding steroid dienone is 1. The van der Waals surface area contributed by atoms with Gasteiger partial charge in [-0.25, -0.2) is 14.6 Å². The zero-order chi connectivity index (χ0) is 33.0. The minimum Gasteiger partial charge on any atom is -0.493 e. The van der Waals surface area contributed by atoms with E-state index in [1.165, 1.54) is 11.3 Å². The average molecular weight is 753 g/mol. The molecule has 0 radical (unpaired) electrons. The molecule has 46 heavy (non-hydrogen) atoms. The van der Waals surface area contributed by atoms with Crippen molar-refractivity contribution in [3.8, 4) is 11.5 Å². The first-order chi connectivity index (χ1) is 22.1. The van der Waals surface area contributed by atoms with Gasteiger partial charge in [-0.2, -0.15) is 0 Å². The van der Waals surface area contributed by atoms with Gasteiger partial charge >= 0.3 is 11.9 Å². The summed E-state index contributed by atoms with van der Waals surface area (Å²) in [5.41, 5.74) is 4.56. The Hall–Kier alpha value is -4.23. The molecule has 1 atom stereocenters. The normalized spacial score (nSPS) is 14.4. The number of carbonyl (C=O) groups excluding carboxylic acids is 2. The molecule has 3 aromatic carbocycles. The SMILES string of the molecule is CCOC(=O)C1=C(C)N=c2s/c(=C\c3cc(I)c(OCc4ccc(C(=O)OCC)cc4)c(OC)c3)c(=O)n2[C@H]1c1ccc(C)cc1. The Bertz CT molecular complexity index is 1990. The lowest BCUT2D eigenvalue weighted by Gasteiger charge is -2.24. The molecule has 0 unspecified atom stereocenters. The number of aryl methyl sites for hydroxylation is 1. The predicted molar refractivity (Wildman–Crippen MR) is 184 cm³/mol. The summed E-state index contributed by atoms with van der Waals surface area (Å²) < 4.78 is 25.1. The fraction of sp³-hybridized carbons (Fsp3) is 0.257. The Morgan fingerprint density at radius 3 is 2.30 bits per heavy atom. The topological polar surface area (TPSA) is 105 Å². The fourth-order valence-corrected chi connectivity index (χ4v) is 6.90. The van der Waals surface area contributed by atoms with Gasteiger partial charge in [-0.15, -0.1) is 0 Å². The summed E-state index contributed by atoms with van der Waals surface area (Å²) in [6.07, 6.45) is 1.79. The van der Waals surface area contributed by atoms with Crippen LogP contribution in [0.2, 0.25) is 0 Å². The number of esters is 2. The third kappa shape index (κ3) is 6.95. The molecule has 1 aromatic heterocycles. The largest absolute Gasteiger partial charge is 0.493 e. The molecule has 2 heterocycles. The van der Waals surface area contributed by atoms with Gasteiger partial charge in [0, 0.05) is 0 Å². The smallest absolute Gasteiger partial charge is 0.338 e. The Kier molecular flexibility index (Phi) is 10.4. The highest BCUT2D eigenvalue weighted by Gasteiger charge is 2.33. The molecule has 238 valence electrons. The first kappa shape index (κ1) is 33.1. The maximum absolute atomic E-state index is 14.0. The van der Waals surface area contributed by atoms with Crippen LogP contribution >= 0.6 is 33.9 Å². The molecule has 1 aliphatic rings. The van der Waals surface area contributed by atoms with Crippen LogP contribution in [0.5, 0.6) is 11.5 Å². The zero-order valence-corrected chi connectivity index (χ0v) is 29.1. The number of hydrogen-bond acceptors (Lipinski definition) is 9. The van der Waals surface area contributed by atoms with Crippen molar-refractivity contribution < 1.29 is 28.5 Å². The summed E-state index contributed by atoms with van der Waals surface area (Å²) >= 11 is 3.44. The van der Waals surface area contributed by atoms with Crippen molar-refractivity contribution in [2.24, 2.45) is 4.99 Å². The van der Waals surface area contributed by atoms with Crippen molar-refractivity contribution in [3.63, 3.8) is 0 Å². The molecule has 0 N–H and O–H groups in total. The van der Waals surface area contributed by atoms with E-state index in [0.717, 1.165) is 25.8 Å². The molecule has 0 bridgehead atoms. The molecular formula is C35H33IN2O7S. The molecule has 1 aliphatic heterocycles. The number of thiazole rings is 1. The predicted octanol–water partition coefficient (Wildman–Crippen LogP) is 5.48. The van der Waals surface area contributed by atoms with Crippen LogP contribution in [0.15, 0.2) is 81.7 Å². The number of nitrogens with zero attached hydrogens (tertiary/aromatic N) is 2. The molecular weight excluding hydrogens is 719 g/mol. The van der Waals surface area contributed by atoms with Crippen LogP contribution in [-0.4, -0.2) is 36.8 Å². The van der Waals surface area contributed by atoms with Gasteiger partial charge in [-0.3, -0.25) is 9.36 Å². The van der Waals surface area contributed by atoms with Crippen LogP contribution < -0.4 is 24.4 Å². The quantitative estimate of drug-likeness (QED) is 0.156. The number of halogens is 1. The summed E-state index contributed by atoms with van der Waals surface area (Å²) in [5.74, 6) is 0.208. The number of methoxy groups -OCH3 is 1. The molecule has 9 nitrogen and oxygen atoms in total. The molecule has 0 saturated heterocycles. The van der Waals surface area contributed by atoms with Gasteiger partial charge in [0.05, 0.1) is 51.3 Å². The van der Waals surface area contributed by atoms with Gasteiger partial charge in [-0.1, -0.05) is 53.3 Å². The number of rotatable bonds is 10. The van der Waals surface area contributed by atoms with Gasteiger partial charge < -0.3 is 18.9 Å². The first-order valence-corrected chi connectivity index (χ1v) is 16.6. The molecule has 0 amide bonds. The van der Waals surface area contributed by atoms with E-state index in [2.05, 4.69) is 27.6 Å². The summed E-state index contributed by atoms with van der Waals surface area (Å²) in [6, 6.07) is 17.9. The lowest BCUT2D eigenvalue weighted by Crippen LogP contribution is -2.39. The van der Waals surface area contributed by atoms with Crippen molar-refractivity contribution in [1.82, 2.24) is 4.57 Å². The third-order valence-corrected chi connectivity index (χ3v) is 9.09. The van der Waals surface area contributed by atoms with Crippen LogP contribution in [0.3, 0.4) is 0 Å². The summed E-state index contributed by atoms with van der Waals surface area (Å²) in [7, 11) is 1.56. The van der Waals surface area contributed by atoms with Gasteiger partial charge in [-0.05, 0) is 97.3 Å². The molecule has 4 aromatic rings. The van der Waals surface area contributed by atoms with Crippen molar-refractivity contribution in [2.75, 3.05) is 20.3 Å². The molecule has 11 heteroatoms. The third-order valence-electron chi connectivity index (χ3n) is 7.31. The van der Waals surface area contributed by atoms with Crippen LogP contribution in [0, 0.1) is 10.5 Å². The number of fused-ring (bicyclic) bond motifs is 1. The Morgan fingerprint density at radius 1 is 0.978 bits per heavy atom. The van der Waals surface area contributed by atoms with Gasteiger partial charge in [0.1, 0.15) is 6.61 Å².